The van der Waals surface area contributed by atoms with Crippen molar-refractivity contribution >= 4 is 34.8 Å². The van der Waals surface area contributed by atoms with Gasteiger partial charge in [0.25, 0.3) is 11.8 Å². The van der Waals surface area contributed by atoms with Gasteiger partial charge in [-0.25, -0.2) is 4.39 Å². The summed E-state index contributed by atoms with van der Waals surface area (Å²) in [6.07, 6.45) is 3.08. The summed E-state index contributed by atoms with van der Waals surface area (Å²) in [6, 6.07) is 5.54. The number of amides is 2. The van der Waals surface area contributed by atoms with E-state index in [1.54, 1.807) is 0 Å². The number of thiophene rings is 1. The minimum atomic E-state index is -0.752. The highest BCUT2D eigenvalue weighted by molar-refractivity contribution is 7.14. The Morgan fingerprint density at radius 3 is 2.79 bits per heavy atom. The Balaban J connectivity index is 1.65. The number of hydrogen-bond donors (Lipinski definition) is 2. The van der Waals surface area contributed by atoms with Crippen LogP contribution in [0.3, 0.4) is 0 Å². The zero-order valence-electron chi connectivity index (χ0n) is 13.0. The monoisotopic (exact) mass is 366 g/mol. The third kappa shape index (κ3) is 3.60. The Hall–Kier alpha value is -1.92. The van der Waals surface area contributed by atoms with Crippen LogP contribution in [0, 0.1) is 11.7 Å². The molecule has 1 aliphatic rings. The molecule has 2 aromatic rings. The zero-order chi connectivity index (χ0) is 17.3. The van der Waals surface area contributed by atoms with Gasteiger partial charge in [-0.15, -0.1) is 11.3 Å². The first kappa shape index (κ1) is 16.9. The van der Waals surface area contributed by atoms with Crippen LogP contribution in [0.4, 0.5) is 4.39 Å². The van der Waals surface area contributed by atoms with Crippen molar-refractivity contribution in [2.24, 2.45) is 5.92 Å². The normalized spacial score (nSPS) is 16.4. The van der Waals surface area contributed by atoms with Crippen molar-refractivity contribution in [1.82, 2.24) is 10.9 Å². The van der Waals surface area contributed by atoms with Crippen LogP contribution >= 0.6 is 22.9 Å². The van der Waals surface area contributed by atoms with Gasteiger partial charge in [-0.3, -0.25) is 20.4 Å². The van der Waals surface area contributed by atoms with E-state index in [0.29, 0.717) is 10.8 Å². The van der Waals surface area contributed by atoms with Crippen molar-refractivity contribution in [3.05, 3.63) is 56.0 Å². The molecule has 0 fully saturated rings. The van der Waals surface area contributed by atoms with Gasteiger partial charge in [0, 0.05) is 9.90 Å². The molecule has 1 heterocycles. The van der Waals surface area contributed by atoms with Crippen molar-refractivity contribution in [3.8, 4) is 0 Å². The largest absolute Gasteiger partial charge is 0.279 e. The number of carbonyl (C=O) groups is 2. The Kier molecular flexibility index (Phi) is 4.87. The lowest BCUT2D eigenvalue weighted by molar-refractivity contribution is 0.0846. The molecule has 0 saturated carbocycles. The lowest BCUT2D eigenvalue weighted by Gasteiger charge is -2.16. The van der Waals surface area contributed by atoms with Gasteiger partial charge < -0.3 is 0 Å². The van der Waals surface area contributed by atoms with Crippen molar-refractivity contribution in [2.45, 2.75) is 26.2 Å². The van der Waals surface area contributed by atoms with E-state index in [9.17, 15) is 14.0 Å². The number of rotatable bonds is 2. The average Bonchev–Trinajstić information content (AvgIpc) is 2.97. The number of halogens is 2. The summed E-state index contributed by atoms with van der Waals surface area (Å²) in [5.74, 6) is -1.24. The first-order valence-electron chi connectivity index (χ1n) is 7.61. The van der Waals surface area contributed by atoms with E-state index in [-0.39, 0.29) is 10.6 Å². The van der Waals surface area contributed by atoms with E-state index in [1.165, 1.54) is 33.9 Å². The maximum atomic E-state index is 13.6. The molecule has 7 heteroatoms. The first-order valence-corrected chi connectivity index (χ1v) is 8.81. The van der Waals surface area contributed by atoms with Crippen LogP contribution in [0.1, 0.15) is 43.8 Å². The Morgan fingerprint density at radius 1 is 1.25 bits per heavy atom. The average molecular weight is 367 g/mol. The Morgan fingerprint density at radius 2 is 2.00 bits per heavy atom. The lowest BCUT2D eigenvalue weighted by atomic mass is 9.90. The Labute approximate surface area is 148 Å². The van der Waals surface area contributed by atoms with Crippen molar-refractivity contribution in [3.63, 3.8) is 0 Å². The number of benzene rings is 1. The Bertz CT molecular complexity index is 806. The van der Waals surface area contributed by atoms with Gasteiger partial charge in [-0.2, -0.15) is 0 Å². The third-order valence-corrected chi connectivity index (χ3v) is 5.49. The number of fused-ring (bicyclic) bond motifs is 1. The summed E-state index contributed by atoms with van der Waals surface area (Å²) in [5, 5.41) is 0.243. The molecule has 0 bridgehead atoms. The molecule has 0 spiro atoms. The molecule has 1 aromatic carbocycles. The number of aryl methyl sites for hydroxylation is 1. The highest BCUT2D eigenvalue weighted by Gasteiger charge is 2.21. The predicted octanol–water partition coefficient (Wildman–Crippen LogP) is 3.74. The number of hydrazine groups is 1. The molecule has 3 rings (SSSR count). The van der Waals surface area contributed by atoms with Gasteiger partial charge in [0.2, 0.25) is 0 Å². The molecule has 0 aliphatic heterocycles. The molecule has 24 heavy (non-hydrogen) atoms. The fourth-order valence-corrected chi connectivity index (χ4v) is 4.01. The molecule has 1 atom stereocenters. The van der Waals surface area contributed by atoms with E-state index in [1.807, 2.05) is 6.07 Å². The lowest BCUT2D eigenvalue weighted by Crippen LogP contribution is -2.41. The second-order valence-electron chi connectivity index (χ2n) is 5.94. The van der Waals surface area contributed by atoms with E-state index >= 15 is 0 Å². The van der Waals surface area contributed by atoms with Crippen molar-refractivity contribution < 1.29 is 14.0 Å². The van der Waals surface area contributed by atoms with E-state index in [0.717, 1.165) is 25.3 Å². The van der Waals surface area contributed by atoms with Crippen molar-refractivity contribution in [2.75, 3.05) is 0 Å². The van der Waals surface area contributed by atoms with Gasteiger partial charge in [0.1, 0.15) is 5.82 Å². The van der Waals surface area contributed by atoms with E-state index < -0.39 is 17.6 Å². The first-order chi connectivity index (χ1) is 11.4. The predicted molar refractivity (Wildman–Crippen MR) is 91.9 cm³/mol. The highest BCUT2D eigenvalue weighted by Crippen LogP contribution is 2.32. The molecular formula is C17H16ClFN2O2S. The molecule has 4 nitrogen and oxygen atoms in total. The van der Waals surface area contributed by atoms with Crippen LogP contribution in [0.2, 0.25) is 5.02 Å². The van der Waals surface area contributed by atoms with Gasteiger partial charge in [-0.1, -0.05) is 18.5 Å². The molecular weight excluding hydrogens is 351 g/mol. The summed E-state index contributed by atoms with van der Waals surface area (Å²) in [5.41, 5.74) is 5.53. The van der Waals surface area contributed by atoms with Gasteiger partial charge in [-0.05, 0) is 55.0 Å². The van der Waals surface area contributed by atoms with Crippen LogP contribution in [-0.2, 0) is 12.8 Å². The maximum absolute atomic E-state index is 13.6. The minimum absolute atomic E-state index is 0.220. The fraction of sp³-hybridized carbons (Fsp3) is 0.294. The quantitative estimate of drug-likeness (QED) is 0.795. The van der Waals surface area contributed by atoms with Gasteiger partial charge in [0.05, 0.1) is 10.4 Å². The molecule has 2 amide bonds. The zero-order valence-corrected chi connectivity index (χ0v) is 14.6. The van der Waals surface area contributed by atoms with Crippen LogP contribution in [0.5, 0.6) is 0 Å². The summed E-state index contributed by atoms with van der Waals surface area (Å²) in [4.78, 5) is 25.9. The molecule has 1 aliphatic carbocycles. The second kappa shape index (κ2) is 6.91. The second-order valence-corrected chi connectivity index (χ2v) is 7.51. The fourth-order valence-electron chi connectivity index (χ4n) is 2.73. The SMILES string of the molecule is C[C@H]1CCc2sc(C(=O)NNC(=O)c3cc(Cl)ccc3F)cc2C1. The van der Waals surface area contributed by atoms with E-state index in [2.05, 4.69) is 17.8 Å². The number of carbonyl (C=O) groups excluding carboxylic acids is 2. The molecule has 0 unspecified atom stereocenters. The minimum Gasteiger partial charge on any atom is -0.267 e. The standard InChI is InChI=1S/C17H16ClFN2O2S/c1-9-2-5-14-10(6-9)7-15(24-14)17(23)21-20-16(22)12-8-11(18)3-4-13(12)19/h3-4,7-9H,2,5-6H2,1H3,(H,20,22)(H,21,23)/t9-/m0/s1. The third-order valence-electron chi connectivity index (χ3n) is 4.02. The summed E-state index contributed by atoms with van der Waals surface area (Å²) in [7, 11) is 0. The van der Waals surface area contributed by atoms with Crippen LogP contribution < -0.4 is 10.9 Å². The molecule has 0 radical (unpaired) electrons. The van der Waals surface area contributed by atoms with Crippen LogP contribution in [0.25, 0.3) is 0 Å². The van der Waals surface area contributed by atoms with Gasteiger partial charge >= 0.3 is 0 Å². The smallest absolute Gasteiger partial charge is 0.267 e. The van der Waals surface area contributed by atoms with Crippen molar-refractivity contribution in [1.29, 1.82) is 0 Å². The van der Waals surface area contributed by atoms with E-state index in [4.69, 9.17) is 11.6 Å². The highest BCUT2D eigenvalue weighted by atomic mass is 35.5. The summed E-state index contributed by atoms with van der Waals surface area (Å²) in [6.45, 7) is 2.19. The summed E-state index contributed by atoms with van der Waals surface area (Å²) < 4.78 is 13.6. The van der Waals surface area contributed by atoms with Crippen LogP contribution in [0.15, 0.2) is 24.3 Å². The molecule has 2 N–H and O–H groups in total. The van der Waals surface area contributed by atoms with Gasteiger partial charge in [0.15, 0.2) is 0 Å². The summed E-state index contributed by atoms with van der Waals surface area (Å²) >= 11 is 7.20. The number of nitrogens with one attached hydrogen (secondary N) is 2. The van der Waals surface area contributed by atoms with Crippen LogP contribution in [-0.4, -0.2) is 11.8 Å². The molecule has 1 aromatic heterocycles. The topological polar surface area (TPSA) is 58.2 Å². The number of hydrogen-bond acceptors (Lipinski definition) is 3. The maximum Gasteiger partial charge on any atom is 0.279 e. The molecule has 126 valence electrons. The molecule has 0 saturated heterocycles.